The van der Waals surface area contributed by atoms with Crippen molar-refractivity contribution in [3.8, 4) is 5.75 Å². The van der Waals surface area contributed by atoms with Gasteiger partial charge in [-0.1, -0.05) is 6.92 Å². The second-order valence-electron chi connectivity index (χ2n) is 4.31. The van der Waals surface area contributed by atoms with Crippen molar-refractivity contribution in [1.29, 1.82) is 0 Å². The highest BCUT2D eigenvalue weighted by atomic mass is 35.5. The van der Waals surface area contributed by atoms with Crippen LogP contribution in [-0.4, -0.2) is 44.7 Å². The van der Waals surface area contributed by atoms with Crippen molar-refractivity contribution in [2.45, 2.75) is 13.3 Å². The lowest BCUT2D eigenvalue weighted by Crippen LogP contribution is -2.20. The Labute approximate surface area is 121 Å². The molecule has 0 radical (unpaired) electrons. The first-order valence-corrected chi connectivity index (χ1v) is 6.18. The molecule has 0 N–H and O–H groups in total. The Morgan fingerprint density at radius 1 is 1.16 bits per heavy atom. The number of carbonyl (C=O) groups excluding carboxylic acids is 1. The highest BCUT2D eigenvalue weighted by Crippen LogP contribution is 2.13. The minimum absolute atomic E-state index is 0. The summed E-state index contributed by atoms with van der Waals surface area (Å²) in [6.07, 6.45) is 0.967. The topological polar surface area (TPSA) is 38.8 Å². The van der Waals surface area contributed by atoms with Gasteiger partial charge in [-0.15, -0.1) is 12.4 Å². The fourth-order valence-corrected chi connectivity index (χ4v) is 1.31. The molecular weight excluding hydrogens is 266 g/mol. The Hall–Kier alpha value is -1.26. The lowest BCUT2D eigenvalue weighted by molar-refractivity contribution is 0.0482. The monoisotopic (exact) mass is 287 g/mol. The zero-order valence-corrected chi connectivity index (χ0v) is 12.5. The zero-order valence-electron chi connectivity index (χ0n) is 11.7. The summed E-state index contributed by atoms with van der Waals surface area (Å²) < 4.78 is 10.6. The Bertz CT molecular complexity index is 365. The van der Waals surface area contributed by atoms with Crippen molar-refractivity contribution < 1.29 is 14.3 Å². The van der Waals surface area contributed by atoms with Gasteiger partial charge in [-0.25, -0.2) is 4.79 Å². The number of esters is 1. The molecular formula is C14H22ClNO3. The molecule has 0 aliphatic rings. The molecule has 1 aromatic rings. The summed E-state index contributed by atoms with van der Waals surface area (Å²) in [5.41, 5.74) is 0.553. The normalized spacial score (nSPS) is 9.89. The van der Waals surface area contributed by atoms with Crippen LogP contribution in [0, 0.1) is 0 Å². The molecule has 0 fully saturated rings. The van der Waals surface area contributed by atoms with Gasteiger partial charge in [0.05, 0.1) is 12.2 Å². The van der Waals surface area contributed by atoms with E-state index in [0.29, 0.717) is 18.8 Å². The van der Waals surface area contributed by atoms with Crippen LogP contribution in [0.15, 0.2) is 24.3 Å². The van der Waals surface area contributed by atoms with Gasteiger partial charge in [0, 0.05) is 6.54 Å². The minimum atomic E-state index is -0.293. The molecule has 0 spiro atoms. The standard InChI is InChI=1S/C14H21NO3.ClH/c1-4-10-17-13-7-5-12(6-8-13)14(16)18-11-9-15(2)3;/h5-8H,4,9-11H2,1-3H3;1H. The van der Waals surface area contributed by atoms with Crippen LogP contribution in [0.1, 0.15) is 23.7 Å². The molecule has 108 valence electrons. The molecule has 0 atom stereocenters. The first-order valence-electron chi connectivity index (χ1n) is 6.18. The molecule has 0 unspecified atom stereocenters. The number of hydrogen-bond acceptors (Lipinski definition) is 4. The maximum absolute atomic E-state index is 11.7. The van der Waals surface area contributed by atoms with Crippen molar-refractivity contribution in [2.24, 2.45) is 0 Å². The molecule has 0 saturated carbocycles. The number of rotatable bonds is 7. The van der Waals surface area contributed by atoms with Gasteiger partial charge in [-0.2, -0.15) is 0 Å². The van der Waals surface area contributed by atoms with Crippen LogP contribution < -0.4 is 4.74 Å². The summed E-state index contributed by atoms with van der Waals surface area (Å²) in [5.74, 6) is 0.487. The molecule has 0 saturated heterocycles. The van der Waals surface area contributed by atoms with E-state index >= 15 is 0 Å². The minimum Gasteiger partial charge on any atom is -0.494 e. The Balaban J connectivity index is 0.00000324. The van der Waals surface area contributed by atoms with Crippen molar-refractivity contribution in [2.75, 3.05) is 33.9 Å². The van der Waals surface area contributed by atoms with E-state index in [1.165, 1.54) is 0 Å². The predicted octanol–water partition coefficient (Wildman–Crippen LogP) is 2.62. The van der Waals surface area contributed by atoms with E-state index in [0.717, 1.165) is 18.7 Å². The lowest BCUT2D eigenvalue weighted by atomic mass is 10.2. The summed E-state index contributed by atoms with van der Waals surface area (Å²) in [5, 5.41) is 0. The van der Waals surface area contributed by atoms with Crippen molar-refractivity contribution in [3.63, 3.8) is 0 Å². The number of ether oxygens (including phenoxy) is 2. The van der Waals surface area contributed by atoms with Crippen LogP contribution in [0.5, 0.6) is 5.75 Å². The summed E-state index contributed by atoms with van der Waals surface area (Å²) in [7, 11) is 3.88. The first kappa shape index (κ1) is 17.7. The second kappa shape index (κ2) is 9.64. The van der Waals surface area contributed by atoms with Crippen LogP contribution in [0.3, 0.4) is 0 Å². The van der Waals surface area contributed by atoms with Gasteiger partial charge in [0.25, 0.3) is 0 Å². The second-order valence-corrected chi connectivity index (χ2v) is 4.31. The van der Waals surface area contributed by atoms with E-state index in [1.807, 2.05) is 19.0 Å². The van der Waals surface area contributed by atoms with Gasteiger partial charge in [0.2, 0.25) is 0 Å². The molecule has 4 nitrogen and oxygen atoms in total. The molecule has 1 aromatic carbocycles. The van der Waals surface area contributed by atoms with Gasteiger partial charge in [0.15, 0.2) is 0 Å². The fourth-order valence-electron chi connectivity index (χ4n) is 1.31. The van der Waals surface area contributed by atoms with Crippen LogP contribution in [0.4, 0.5) is 0 Å². The summed E-state index contributed by atoms with van der Waals surface area (Å²) in [6.45, 7) is 3.87. The molecule has 19 heavy (non-hydrogen) atoms. The Kier molecular flexibility index (Phi) is 9.00. The molecule has 1 rings (SSSR count). The van der Waals surface area contributed by atoms with Crippen LogP contribution in [0.25, 0.3) is 0 Å². The van der Waals surface area contributed by atoms with E-state index < -0.39 is 0 Å². The van der Waals surface area contributed by atoms with E-state index in [4.69, 9.17) is 9.47 Å². The maximum Gasteiger partial charge on any atom is 0.338 e. The highest BCUT2D eigenvalue weighted by Gasteiger charge is 2.07. The van der Waals surface area contributed by atoms with E-state index in [9.17, 15) is 4.79 Å². The lowest BCUT2D eigenvalue weighted by Gasteiger charge is -2.10. The van der Waals surface area contributed by atoms with E-state index in [-0.39, 0.29) is 18.4 Å². The number of likely N-dealkylation sites (N-methyl/N-ethyl adjacent to an activating group) is 1. The number of halogens is 1. The van der Waals surface area contributed by atoms with Gasteiger partial charge >= 0.3 is 5.97 Å². The largest absolute Gasteiger partial charge is 0.494 e. The predicted molar refractivity (Wildman–Crippen MR) is 78.3 cm³/mol. The summed E-state index contributed by atoms with van der Waals surface area (Å²) in [6, 6.07) is 7.03. The highest BCUT2D eigenvalue weighted by molar-refractivity contribution is 5.89. The average molecular weight is 288 g/mol. The summed E-state index contributed by atoms with van der Waals surface area (Å²) >= 11 is 0. The van der Waals surface area contributed by atoms with E-state index in [1.54, 1.807) is 24.3 Å². The molecule has 0 aliphatic carbocycles. The average Bonchev–Trinajstić information content (AvgIpc) is 2.36. The SMILES string of the molecule is CCCOc1ccc(C(=O)OCCN(C)C)cc1.Cl. The van der Waals surface area contributed by atoms with Crippen molar-refractivity contribution in [1.82, 2.24) is 4.90 Å². The molecule has 0 bridgehead atoms. The van der Waals surface area contributed by atoms with Crippen molar-refractivity contribution >= 4 is 18.4 Å². The Morgan fingerprint density at radius 3 is 2.32 bits per heavy atom. The molecule has 0 heterocycles. The van der Waals surface area contributed by atoms with Crippen molar-refractivity contribution in [3.05, 3.63) is 29.8 Å². The summed E-state index contributed by atoms with van der Waals surface area (Å²) in [4.78, 5) is 13.6. The third-order valence-corrected chi connectivity index (χ3v) is 2.33. The van der Waals surface area contributed by atoms with E-state index in [2.05, 4.69) is 6.92 Å². The number of benzene rings is 1. The maximum atomic E-state index is 11.7. The zero-order chi connectivity index (χ0) is 13.4. The van der Waals surface area contributed by atoms with Gasteiger partial charge in [-0.3, -0.25) is 0 Å². The van der Waals surface area contributed by atoms with Crippen LogP contribution in [-0.2, 0) is 4.74 Å². The number of carbonyl (C=O) groups is 1. The Morgan fingerprint density at radius 2 is 1.79 bits per heavy atom. The van der Waals surface area contributed by atoms with Crippen LogP contribution >= 0.6 is 12.4 Å². The molecule has 0 amide bonds. The first-order chi connectivity index (χ1) is 8.63. The third-order valence-electron chi connectivity index (χ3n) is 2.33. The number of nitrogens with zero attached hydrogens (tertiary/aromatic N) is 1. The smallest absolute Gasteiger partial charge is 0.338 e. The number of hydrogen-bond donors (Lipinski definition) is 0. The third kappa shape index (κ3) is 7.03. The molecule has 0 aliphatic heterocycles. The van der Waals surface area contributed by atoms with Crippen LogP contribution in [0.2, 0.25) is 0 Å². The molecule has 5 heteroatoms. The van der Waals surface area contributed by atoms with Gasteiger partial charge < -0.3 is 14.4 Å². The quantitative estimate of drug-likeness (QED) is 0.723. The fraction of sp³-hybridized carbons (Fsp3) is 0.500. The van der Waals surface area contributed by atoms with Gasteiger partial charge in [-0.05, 0) is 44.8 Å². The van der Waals surface area contributed by atoms with Gasteiger partial charge in [0.1, 0.15) is 12.4 Å². The molecule has 0 aromatic heterocycles.